The van der Waals surface area contributed by atoms with Gasteiger partial charge in [-0.05, 0) is 12.1 Å². The van der Waals surface area contributed by atoms with Gasteiger partial charge < -0.3 is 14.9 Å². The van der Waals surface area contributed by atoms with Crippen molar-refractivity contribution in [2.75, 3.05) is 12.0 Å². The number of hydrogen-bond acceptors (Lipinski definition) is 4. The van der Waals surface area contributed by atoms with Gasteiger partial charge in [-0.1, -0.05) is 0 Å². The number of aliphatic carboxylic acids is 2. The molecule has 1 aromatic rings. The first-order chi connectivity index (χ1) is 7.09. The lowest BCUT2D eigenvalue weighted by Crippen LogP contribution is -2.38. The molecular formula is C8H10N2O5. The highest BCUT2D eigenvalue weighted by Crippen LogP contribution is 1.93. The van der Waals surface area contributed by atoms with Crippen LogP contribution in [-0.2, 0) is 14.3 Å². The molecule has 15 heavy (non-hydrogen) atoms. The van der Waals surface area contributed by atoms with Crippen molar-refractivity contribution in [1.82, 2.24) is 4.68 Å². The molecule has 82 valence electrons. The minimum absolute atomic E-state index is 0.675. The van der Waals surface area contributed by atoms with Crippen LogP contribution in [0.15, 0.2) is 24.5 Å². The molecule has 0 bridgehead atoms. The molecular weight excluding hydrogens is 204 g/mol. The predicted octanol–water partition coefficient (Wildman–Crippen LogP) is -0.457. The van der Waals surface area contributed by atoms with E-state index >= 15 is 0 Å². The quantitative estimate of drug-likeness (QED) is 0.554. The Hall–Kier alpha value is -2.02. The molecule has 1 unspecified atom stereocenters. The maximum Gasteiger partial charge on any atom is 0.355 e. The number of carbonyl (C=O) groups is 2. The second-order valence-corrected chi connectivity index (χ2v) is 2.64. The maximum atomic E-state index is 10.6. The summed E-state index contributed by atoms with van der Waals surface area (Å²) in [6.45, 7) is -0.675. The Labute approximate surface area is 84.9 Å². The number of ether oxygens (including phenoxy) is 1. The summed E-state index contributed by atoms with van der Waals surface area (Å²) in [6.07, 6.45) is 1.74. The van der Waals surface area contributed by atoms with Crippen molar-refractivity contribution >= 4 is 11.9 Å². The minimum Gasteiger partial charge on any atom is -0.480 e. The zero-order chi connectivity index (χ0) is 11.3. The summed E-state index contributed by atoms with van der Waals surface area (Å²) in [5.74, 6) is -2.51. The minimum atomic E-state index is -1.39. The van der Waals surface area contributed by atoms with Crippen LogP contribution in [0.5, 0.6) is 0 Å². The summed E-state index contributed by atoms with van der Waals surface area (Å²) in [5, 5.41) is 17.0. The Balaban J connectivity index is 2.51. The van der Waals surface area contributed by atoms with Gasteiger partial charge in [0.15, 0.2) is 0 Å². The highest BCUT2D eigenvalue weighted by Gasteiger charge is 2.18. The van der Waals surface area contributed by atoms with Crippen molar-refractivity contribution in [2.45, 2.75) is 6.23 Å². The fraction of sp³-hybridized carbons (Fsp3) is 0.250. The molecule has 0 spiro atoms. The Morgan fingerprint density at radius 1 is 1.33 bits per heavy atom. The summed E-state index contributed by atoms with van der Waals surface area (Å²) in [6, 6.07) is 3.37. The van der Waals surface area contributed by atoms with Crippen molar-refractivity contribution < 1.29 is 24.5 Å². The molecule has 0 radical (unpaired) electrons. The molecule has 0 aliphatic heterocycles. The van der Waals surface area contributed by atoms with Crippen molar-refractivity contribution in [3.8, 4) is 0 Å². The number of nitrogens with zero attached hydrogens (tertiary/aromatic N) is 1. The summed E-state index contributed by atoms with van der Waals surface area (Å²) in [5.41, 5.74) is 2.45. The van der Waals surface area contributed by atoms with E-state index in [1.54, 1.807) is 24.5 Å². The summed E-state index contributed by atoms with van der Waals surface area (Å²) >= 11 is 0. The van der Waals surface area contributed by atoms with Crippen LogP contribution in [0.4, 0.5) is 0 Å². The Kier molecular flexibility index (Phi) is 3.69. The van der Waals surface area contributed by atoms with E-state index in [9.17, 15) is 9.59 Å². The third-order valence-corrected chi connectivity index (χ3v) is 1.47. The van der Waals surface area contributed by atoms with Crippen LogP contribution in [0, 0.1) is 0 Å². The summed E-state index contributed by atoms with van der Waals surface area (Å²) in [4.78, 5) is 20.8. The molecule has 3 N–H and O–H groups in total. The van der Waals surface area contributed by atoms with Crippen LogP contribution < -0.4 is 5.43 Å². The van der Waals surface area contributed by atoms with Gasteiger partial charge in [-0.15, -0.1) is 0 Å². The van der Waals surface area contributed by atoms with E-state index in [1.165, 1.54) is 4.68 Å². The molecule has 0 saturated heterocycles. The molecule has 0 fully saturated rings. The molecule has 0 saturated carbocycles. The SMILES string of the molecule is O=C(O)COC(Nn1cccc1)C(=O)O. The summed E-state index contributed by atoms with van der Waals surface area (Å²) < 4.78 is 5.97. The van der Waals surface area contributed by atoms with Gasteiger partial charge in [0.25, 0.3) is 0 Å². The Morgan fingerprint density at radius 3 is 2.40 bits per heavy atom. The zero-order valence-electron chi connectivity index (χ0n) is 7.66. The fourth-order valence-corrected chi connectivity index (χ4v) is 0.874. The van der Waals surface area contributed by atoms with Crippen LogP contribution in [0.1, 0.15) is 0 Å². The first-order valence-electron chi connectivity index (χ1n) is 4.05. The van der Waals surface area contributed by atoms with E-state index in [-0.39, 0.29) is 0 Å². The molecule has 7 nitrogen and oxygen atoms in total. The standard InChI is InChI=1S/C8H10N2O5/c11-6(12)5-15-7(8(13)14)9-10-3-1-2-4-10/h1-4,7,9H,5H2,(H,11,12)(H,13,14). The third-order valence-electron chi connectivity index (χ3n) is 1.47. The molecule has 0 aromatic carbocycles. The van der Waals surface area contributed by atoms with Gasteiger partial charge in [-0.3, -0.25) is 10.1 Å². The number of aromatic nitrogens is 1. The largest absolute Gasteiger partial charge is 0.480 e. The Bertz CT molecular complexity index is 335. The summed E-state index contributed by atoms with van der Waals surface area (Å²) in [7, 11) is 0. The van der Waals surface area contributed by atoms with Gasteiger partial charge in [0.05, 0.1) is 0 Å². The van der Waals surface area contributed by atoms with Crippen molar-refractivity contribution in [3.63, 3.8) is 0 Å². The van der Waals surface area contributed by atoms with Crippen LogP contribution in [-0.4, -0.2) is 39.7 Å². The topological polar surface area (TPSA) is 101 Å². The molecule has 1 aromatic heterocycles. The normalized spacial score (nSPS) is 12.0. The van der Waals surface area contributed by atoms with Gasteiger partial charge in [-0.2, -0.15) is 0 Å². The zero-order valence-corrected chi connectivity index (χ0v) is 7.66. The van der Waals surface area contributed by atoms with Crippen LogP contribution in [0.3, 0.4) is 0 Å². The van der Waals surface area contributed by atoms with E-state index in [4.69, 9.17) is 10.2 Å². The van der Waals surface area contributed by atoms with E-state index < -0.39 is 24.8 Å². The smallest absolute Gasteiger partial charge is 0.355 e. The van der Waals surface area contributed by atoms with Crippen LogP contribution >= 0.6 is 0 Å². The average Bonchev–Trinajstić information content (AvgIpc) is 2.63. The first kappa shape index (κ1) is 11.1. The lowest BCUT2D eigenvalue weighted by Gasteiger charge is -2.15. The van der Waals surface area contributed by atoms with Gasteiger partial charge >= 0.3 is 11.9 Å². The van der Waals surface area contributed by atoms with Gasteiger partial charge in [0.2, 0.25) is 6.23 Å². The van der Waals surface area contributed by atoms with E-state index in [1.807, 2.05) is 0 Å². The second kappa shape index (κ2) is 5.01. The molecule has 0 amide bonds. The van der Waals surface area contributed by atoms with E-state index in [0.29, 0.717) is 0 Å². The third kappa shape index (κ3) is 3.69. The Morgan fingerprint density at radius 2 is 1.93 bits per heavy atom. The van der Waals surface area contributed by atoms with Gasteiger partial charge in [0.1, 0.15) is 6.61 Å². The van der Waals surface area contributed by atoms with Crippen LogP contribution in [0.25, 0.3) is 0 Å². The fourth-order valence-electron chi connectivity index (χ4n) is 0.874. The molecule has 1 heterocycles. The first-order valence-corrected chi connectivity index (χ1v) is 4.05. The van der Waals surface area contributed by atoms with Crippen molar-refractivity contribution in [1.29, 1.82) is 0 Å². The highest BCUT2D eigenvalue weighted by molar-refractivity contribution is 5.74. The number of nitrogens with one attached hydrogen (secondary N) is 1. The maximum absolute atomic E-state index is 10.6. The van der Waals surface area contributed by atoms with Crippen molar-refractivity contribution in [2.24, 2.45) is 0 Å². The molecule has 7 heteroatoms. The number of carboxylic acids is 2. The highest BCUT2D eigenvalue weighted by atomic mass is 16.5. The van der Waals surface area contributed by atoms with E-state index in [2.05, 4.69) is 10.2 Å². The molecule has 1 atom stereocenters. The predicted molar refractivity (Wildman–Crippen MR) is 48.8 cm³/mol. The average molecular weight is 214 g/mol. The van der Waals surface area contributed by atoms with Gasteiger partial charge in [-0.25, -0.2) is 9.59 Å². The molecule has 1 rings (SSSR count). The molecule has 0 aliphatic rings. The molecule has 0 aliphatic carbocycles. The monoisotopic (exact) mass is 214 g/mol. The van der Waals surface area contributed by atoms with Gasteiger partial charge in [0, 0.05) is 12.4 Å². The van der Waals surface area contributed by atoms with E-state index in [0.717, 1.165) is 0 Å². The number of rotatable bonds is 6. The van der Waals surface area contributed by atoms with Crippen LogP contribution in [0.2, 0.25) is 0 Å². The lowest BCUT2D eigenvalue weighted by molar-refractivity contribution is -0.154. The second-order valence-electron chi connectivity index (χ2n) is 2.64. The number of carboxylic acid groups (broad SMARTS) is 2. The van der Waals surface area contributed by atoms with Crippen molar-refractivity contribution in [3.05, 3.63) is 24.5 Å². The number of hydrogen-bond donors (Lipinski definition) is 3. The lowest BCUT2D eigenvalue weighted by atomic mass is 10.6.